The summed E-state index contributed by atoms with van der Waals surface area (Å²) in [5, 5.41) is 6.96. The summed E-state index contributed by atoms with van der Waals surface area (Å²) >= 11 is 6.03. The first-order valence-electron chi connectivity index (χ1n) is 10.6. The van der Waals surface area contributed by atoms with E-state index in [2.05, 4.69) is 17.0 Å². The van der Waals surface area contributed by atoms with Crippen LogP contribution < -0.4 is 9.47 Å². The minimum Gasteiger partial charge on any atom is -0.497 e. The van der Waals surface area contributed by atoms with Crippen LogP contribution in [0.3, 0.4) is 0 Å². The average Bonchev–Trinajstić information content (AvgIpc) is 3.13. The zero-order valence-electron chi connectivity index (χ0n) is 18.9. The number of hydrazone groups is 1. The van der Waals surface area contributed by atoms with Gasteiger partial charge in [0.05, 0.1) is 26.5 Å². The van der Waals surface area contributed by atoms with Gasteiger partial charge in [0.15, 0.2) is 0 Å². The van der Waals surface area contributed by atoms with Crippen LogP contribution in [0.1, 0.15) is 29.8 Å². The number of carbonyl (C=O) groups excluding carboxylic acids is 1. The van der Waals surface area contributed by atoms with Crippen molar-refractivity contribution in [3.05, 3.63) is 94.5 Å². The second-order valence-electron chi connectivity index (χ2n) is 7.80. The Balaban J connectivity index is 1.76. The van der Waals surface area contributed by atoms with Crippen molar-refractivity contribution in [1.82, 2.24) is 9.91 Å². The number of ether oxygens (including phenoxy) is 2. The van der Waals surface area contributed by atoms with Gasteiger partial charge in [0.25, 0.3) is 5.91 Å². The predicted octanol–water partition coefficient (Wildman–Crippen LogP) is 5.12. The molecule has 1 aliphatic heterocycles. The number of methoxy groups -OCH3 is 2. The molecule has 0 N–H and O–H groups in total. The lowest BCUT2D eigenvalue weighted by molar-refractivity contribution is -0.128. The molecule has 3 aromatic rings. The zero-order chi connectivity index (χ0) is 23.4. The van der Waals surface area contributed by atoms with Crippen molar-refractivity contribution in [1.29, 1.82) is 0 Å². The van der Waals surface area contributed by atoms with E-state index in [9.17, 15) is 4.79 Å². The number of hydrogen-bond acceptors (Lipinski definition) is 5. The van der Waals surface area contributed by atoms with Gasteiger partial charge in [-0.1, -0.05) is 54.1 Å². The topological polar surface area (TPSA) is 54.4 Å². The van der Waals surface area contributed by atoms with Crippen LogP contribution in [-0.2, 0) is 11.3 Å². The maximum Gasteiger partial charge on any atom is 0.258 e. The third-order valence-electron chi connectivity index (χ3n) is 5.64. The summed E-state index contributed by atoms with van der Waals surface area (Å²) in [4.78, 5) is 15.3. The Labute approximate surface area is 199 Å². The Morgan fingerprint density at radius 2 is 1.76 bits per heavy atom. The van der Waals surface area contributed by atoms with Gasteiger partial charge >= 0.3 is 0 Å². The van der Waals surface area contributed by atoms with Gasteiger partial charge in [0.2, 0.25) is 0 Å². The van der Waals surface area contributed by atoms with Crippen molar-refractivity contribution in [2.24, 2.45) is 5.10 Å². The molecular formula is C26H26ClN3O3. The van der Waals surface area contributed by atoms with Gasteiger partial charge in [0.1, 0.15) is 17.7 Å². The van der Waals surface area contributed by atoms with Crippen LogP contribution in [0.2, 0.25) is 5.02 Å². The van der Waals surface area contributed by atoms with Gasteiger partial charge in [0, 0.05) is 23.2 Å². The summed E-state index contributed by atoms with van der Waals surface area (Å²) in [5.41, 5.74) is 3.57. The van der Waals surface area contributed by atoms with Gasteiger partial charge in [-0.25, -0.2) is 5.01 Å². The van der Waals surface area contributed by atoms with E-state index in [1.54, 1.807) is 19.2 Å². The van der Waals surface area contributed by atoms with Crippen LogP contribution >= 0.6 is 11.6 Å². The molecule has 170 valence electrons. The number of amides is 1. The minimum atomic E-state index is -0.430. The standard InChI is InChI=1S/C26H26ClN3O3/c1-18(20-9-11-21(27)12-10-20)28-30-25(31)17-29(16-19-7-5-4-6-8-19)26(30)23-14-13-22(32-2)15-24(23)33-3/h4-15,26H,16-17H2,1-3H3/b28-18-/t26-/m0/s1. The highest BCUT2D eigenvalue weighted by atomic mass is 35.5. The number of nitrogens with zero attached hydrogens (tertiary/aromatic N) is 3. The SMILES string of the molecule is COc1ccc([C@H]2N(Cc3ccccc3)CC(=O)N2/N=C(/C)c2ccc(Cl)cc2)c(OC)c1. The first-order chi connectivity index (χ1) is 16.0. The van der Waals surface area contributed by atoms with Crippen molar-refractivity contribution < 1.29 is 14.3 Å². The molecule has 0 saturated carbocycles. The van der Waals surface area contributed by atoms with Crippen molar-refractivity contribution in [3.63, 3.8) is 0 Å². The van der Waals surface area contributed by atoms with Gasteiger partial charge < -0.3 is 9.47 Å². The fourth-order valence-electron chi connectivity index (χ4n) is 3.97. The van der Waals surface area contributed by atoms with E-state index < -0.39 is 6.17 Å². The summed E-state index contributed by atoms with van der Waals surface area (Å²) in [6.07, 6.45) is -0.430. The van der Waals surface area contributed by atoms with Crippen molar-refractivity contribution >= 4 is 23.2 Å². The molecule has 0 bridgehead atoms. The molecule has 1 saturated heterocycles. The summed E-state index contributed by atoms with van der Waals surface area (Å²) in [5.74, 6) is 1.24. The highest BCUT2D eigenvalue weighted by molar-refractivity contribution is 6.30. The predicted molar refractivity (Wildman–Crippen MR) is 130 cm³/mol. The first kappa shape index (κ1) is 22.8. The van der Waals surface area contributed by atoms with Crippen molar-refractivity contribution in [3.8, 4) is 11.5 Å². The maximum atomic E-state index is 13.2. The molecule has 1 amide bonds. The highest BCUT2D eigenvalue weighted by Crippen LogP contribution is 2.39. The lowest BCUT2D eigenvalue weighted by Gasteiger charge is -2.29. The maximum absolute atomic E-state index is 13.2. The summed E-state index contributed by atoms with van der Waals surface area (Å²) in [6, 6.07) is 23.1. The molecule has 4 rings (SSSR count). The Hall–Kier alpha value is -3.35. The largest absolute Gasteiger partial charge is 0.497 e. The molecule has 3 aromatic carbocycles. The van der Waals surface area contributed by atoms with E-state index in [1.807, 2.05) is 67.6 Å². The third-order valence-corrected chi connectivity index (χ3v) is 5.89. The van der Waals surface area contributed by atoms with E-state index in [1.165, 1.54) is 0 Å². The molecule has 0 aromatic heterocycles. The number of carbonyl (C=O) groups is 1. The molecule has 0 unspecified atom stereocenters. The summed E-state index contributed by atoms with van der Waals surface area (Å²) < 4.78 is 11.0. The summed E-state index contributed by atoms with van der Waals surface area (Å²) in [6.45, 7) is 2.73. The van der Waals surface area contributed by atoms with Crippen LogP contribution in [0.4, 0.5) is 0 Å². The fourth-order valence-corrected chi connectivity index (χ4v) is 4.09. The van der Waals surface area contributed by atoms with E-state index in [-0.39, 0.29) is 12.5 Å². The van der Waals surface area contributed by atoms with Gasteiger partial charge in [-0.3, -0.25) is 9.69 Å². The van der Waals surface area contributed by atoms with Gasteiger partial charge in [-0.05, 0) is 42.3 Å². The monoisotopic (exact) mass is 463 g/mol. The van der Waals surface area contributed by atoms with Crippen LogP contribution in [0, 0.1) is 0 Å². The Kier molecular flexibility index (Phi) is 6.96. The van der Waals surface area contributed by atoms with Crippen LogP contribution in [0.15, 0.2) is 77.9 Å². The zero-order valence-corrected chi connectivity index (χ0v) is 19.6. The van der Waals surface area contributed by atoms with Crippen LogP contribution in [0.5, 0.6) is 11.5 Å². The van der Waals surface area contributed by atoms with Gasteiger partial charge in [-0.15, -0.1) is 0 Å². The fraction of sp³-hybridized carbons (Fsp3) is 0.231. The highest BCUT2D eigenvalue weighted by Gasteiger charge is 2.41. The summed E-state index contributed by atoms with van der Waals surface area (Å²) in [7, 11) is 3.23. The first-order valence-corrected chi connectivity index (χ1v) is 11.0. The molecule has 1 heterocycles. The molecule has 1 atom stereocenters. The molecule has 0 spiro atoms. The lowest BCUT2D eigenvalue weighted by atomic mass is 10.1. The normalized spacial score (nSPS) is 16.8. The smallest absolute Gasteiger partial charge is 0.258 e. The second-order valence-corrected chi connectivity index (χ2v) is 8.24. The number of rotatable bonds is 7. The minimum absolute atomic E-state index is 0.0814. The van der Waals surface area contributed by atoms with E-state index in [0.29, 0.717) is 23.1 Å². The number of hydrogen-bond donors (Lipinski definition) is 0. The molecule has 0 aliphatic carbocycles. The third kappa shape index (κ3) is 5.02. The van der Waals surface area contributed by atoms with Crippen LogP contribution in [-0.4, -0.2) is 42.3 Å². The second kappa shape index (κ2) is 10.1. The number of benzene rings is 3. The van der Waals surface area contributed by atoms with Crippen molar-refractivity contribution in [2.45, 2.75) is 19.6 Å². The Morgan fingerprint density at radius 1 is 1.03 bits per heavy atom. The Bertz CT molecular complexity index is 1150. The molecule has 1 aliphatic rings. The molecule has 0 radical (unpaired) electrons. The lowest BCUT2D eigenvalue weighted by Crippen LogP contribution is -2.29. The van der Waals surface area contributed by atoms with E-state index in [4.69, 9.17) is 26.2 Å². The molecule has 33 heavy (non-hydrogen) atoms. The van der Waals surface area contributed by atoms with E-state index >= 15 is 0 Å². The molecule has 7 heteroatoms. The van der Waals surface area contributed by atoms with Gasteiger partial charge in [-0.2, -0.15) is 5.10 Å². The quantitative estimate of drug-likeness (QED) is 0.456. The Morgan fingerprint density at radius 3 is 2.42 bits per heavy atom. The molecular weight excluding hydrogens is 438 g/mol. The molecule has 6 nitrogen and oxygen atoms in total. The van der Waals surface area contributed by atoms with Crippen LogP contribution in [0.25, 0.3) is 0 Å². The van der Waals surface area contributed by atoms with Crippen molar-refractivity contribution in [2.75, 3.05) is 20.8 Å². The average molecular weight is 464 g/mol. The number of halogens is 1. The van der Waals surface area contributed by atoms with E-state index in [0.717, 1.165) is 22.4 Å². The molecule has 1 fully saturated rings.